The van der Waals surface area contributed by atoms with Crippen molar-refractivity contribution in [3.63, 3.8) is 0 Å². The van der Waals surface area contributed by atoms with Gasteiger partial charge in [-0.15, -0.1) is 0 Å². The van der Waals surface area contributed by atoms with Crippen LogP contribution in [0, 0.1) is 0 Å². The summed E-state index contributed by atoms with van der Waals surface area (Å²) < 4.78 is 39.4. The molecule has 28 heavy (non-hydrogen) atoms. The summed E-state index contributed by atoms with van der Waals surface area (Å²) >= 11 is 0. The second-order valence-corrected chi connectivity index (χ2v) is 8.29. The lowest BCUT2D eigenvalue weighted by molar-refractivity contribution is 0.331. The van der Waals surface area contributed by atoms with Gasteiger partial charge in [0.15, 0.2) is 5.82 Å². The van der Waals surface area contributed by atoms with Crippen LogP contribution >= 0.6 is 0 Å². The van der Waals surface area contributed by atoms with E-state index in [1.165, 1.54) is 6.07 Å². The number of nitrogens with zero attached hydrogens (tertiary/aromatic N) is 2. The highest BCUT2D eigenvalue weighted by Crippen LogP contribution is 2.38. The number of ether oxygens (including phenoxy) is 1. The van der Waals surface area contributed by atoms with Crippen molar-refractivity contribution in [2.24, 2.45) is 0 Å². The van der Waals surface area contributed by atoms with Gasteiger partial charge in [-0.2, -0.15) is 4.98 Å². The van der Waals surface area contributed by atoms with Gasteiger partial charge in [0.05, 0.1) is 18.7 Å². The Morgan fingerprint density at radius 2 is 1.89 bits per heavy atom. The maximum Gasteiger partial charge on any atom is 0.265 e. The summed E-state index contributed by atoms with van der Waals surface area (Å²) in [5.41, 5.74) is 1.23. The van der Waals surface area contributed by atoms with Crippen molar-refractivity contribution in [1.29, 1.82) is 0 Å². The van der Waals surface area contributed by atoms with Crippen molar-refractivity contribution in [1.82, 2.24) is 10.1 Å². The first kappa shape index (κ1) is 18.5. The number of sulfonamides is 1. The molecule has 0 aliphatic heterocycles. The first-order valence-electron chi connectivity index (χ1n) is 9.22. The first-order chi connectivity index (χ1) is 13.6. The molecule has 146 valence electrons. The van der Waals surface area contributed by atoms with Crippen LogP contribution in [0.2, 0.25) is 0 Å². The quantitative estimate of drug-likeness (QED) is 0.620. The van der Waals surface area contributed by atoms with E-state index in [9.17, 15) is 8.42 Å². The number of hydrogen-bond donors (Lipinski definition) is 1. The molecule has 0 saturated heterocycles. The Balaban J connectivity index is 1.59. The standard InChI is InChI=1S/C20H21N3O4S/c1-2-26-17-9-5-6-10-18(17)28(24,25)23-16-8-4-3-7-15(16)13-19-21-20(22-27-19)14-11-12-14/h3-10,14,23H,2,11-13H2,1H3. The van der Waals surface area contributed by atoms with Crippen LogP contribution in [0.25, 0.3) is 0 Å². The van der Waals surface area contributed by atoms with Crippen molar-refractivity contribution < 1.29 is 17.7 Å². The molecule has 0 amide bonds. The third-order valence-corrected chi connectivity index (χ3v) is 5.87. The number of hydrogen-bond acceptors (Lipinski definition) is 6. The molecule has 3 aromatic rings. The summed E-state index contributed by atoms with van der Waals surface area (Å²) in [4.78, 5) is 4.52. The minimum absolute atomic E-state index is 0.0977. The minimum atomic E-state index is -3.82. The van der Waals surface area contributed by atoms with Gasteiger partial charge >= 0.3 is 0 Å². The van der Waals surface area contributed by atoms with Crippen LogP contribution in [0.3, 0.4) is 0 Å². The fourth-order valence-electron chi connectivity index (χ4n) is 2.93. The van der Waals surface area contributed by atoms with Crippen LogP contribution in [-0.4, -0.2) is 25.2 Å². The second kappa shape index (κ2) is 7.63. The molecule has 2 aromatic carbocycles. The van der Waals surface area contributed by atoms with Crippen molar-refractivity contribution in [3.05, 3.63) is 65.8 Å². The van der Waals surface area contributed by atoms with Crippen LogP contribution in [-0.2, 0) is 16.4 Å². The topological polar surface area (TPSA) is 94.3 Å². The lowest BCUT2D eigenvalue weighted by Crippen LogP contribution is -2.15. The van der Waals surface area contributed by atoms with Crippen molar-refractivity contribution >= 4 is 15.7 Å². The molecule has 0 atom stereocenters. The van der Waals surface area contributed by atoms with E-state index < -0.39 is 10.0 Å². The lowest BCUT2D eigenvalue weighted by atomic mass is 10.1. The van der Waals surface area contributed by atoms with Gasteiger partial charge in [-0.1, -0.05) is 35.5 Å². The van der Waals surface area contributed by atoms with Gasteiger partial charge in [-0.05, 0) is 43.5 Å². The first-order valence-corrected chi connectivity index (χ1v) is 10.7. The SMILES string of the molecule is CCOc1ccccc1S(=O)(=O)Nc1ccccc1Cc1nc(C2CC2)no1. The average Bonchev–Trinajstić information content (AvgIpc) is 3.43. The number of rotatable bonds is 8. The monoisotopic (exact) mass is 399 g/mol. The van der Waals surface area contributed by atoms with Crippen LogP contribution < -0.4 is 9.46 Å². The third-order valence-electron chi connectivity index (χ3n) is 4.47. The van der Waals surface area contributed by atoms with Gasteiger partial charge in [-0.3, -0.25) is 4.72 Å². The summed E-state index contributed by atoms with van der Waals surface area (Å²) in [6, 6.07) is 13.8. The number of anilines is 1. The Hall–Kier alpha value is -2.87. The van der Waals surface area contributed by atoms with E-state index >= 15 is 0 Å². The maximum atomic E-state index is 13.0. The van der Waals surface area contributed by atoms with Crippen molar-refractivity contribution in [2.75, 3.05) is 11.3 Å². The predicted octanol–water partition coefficient (Wildman–Crippen LogP) is 3.74. The molecule has 7 nitrogen and oxygen atoms in total. The predicted molar refractivity (Wildman–Crippen MR) is 104 cm³/mol. The molecular formula is C20H21N3O4S. The molecule has 1 aliphatic carbocycles. The summed E-state index contributed by atoms with van der Waals surface area (Å²) in [6.07, 6.45) is 2.54. The number of para-hydroxylation sites is 2. The van der Waals surface area contributed by atoms with E-state index in [0.717, 1.165) is 24.2 Å². The zero-order valence-electron chi connectivity index (χ0n) is 15.5. The largest absolute Gasteiger partial charge is 0.492 e. The molecule has 1 fully saturated rings. The van der Waals surface area contributed by atoms with Gasteiger partial charge < -0.3 is 9.26 Å². The van der Waals surface area contributed by atoms with E-state index in [2.05, 4.69) is 14.9 Å². The molecule has 4 rings (SSSR count). The molecule has 1 aromatic heterocycles. The van der Waals surface area contributed by atoms with Crippen LogP contribution in [0.5, 0.6) is 5.75 Å². The summed E-state index contributed by atoms with van der Waals surface area (Å²) in [5.74, 6) is 1.93. The normalized spacial score (nSPS) is 14.0. The Morgan fingerprint density at radius 3 is 2.68 bits per heavy atom. The van der Waals surface area contributed by atoms with E-state index in [-0.39, 0.29) is 4.90 Å². The van der Waals surface area contributed by atoms with Crippen molar-refractivity contribution in [2.45, 2.75) is 37.0 Å². The Bertz CT molecular complexity index is 1070. The highest BCUT2D eigenvalue weighted by Gasteiger charge is 2.29. The molecule has 1 saturated carbocycles. The highest BCUT2D eigenvalue weighted by molar-refractivity contribution is 7.92. The van der Waals surface area contributed by atoms with Gasteiger partial charge in [0, 0.05) is 5.92 Å². The van der Waals surface area contributed by atoms with E-state index in [4.69, 9.17) is 9.26 Å². The molecule has 0 spiro atoms. The average molecular weight is 399 g/mol. The van der Waals surface area contributed by atoms with Gasteiger partial charge in [0.2, 0.25) is 5.89 Å². The van der Waals surface area contributed by atoms with Crippen LogP contribution in [0.4, 0.5) is 5.69 Å². The van der Waals surface area contributed by atoms with Crippen LogP contribution in [0.15, 0.2) is 57.9 Å². The van der Waals surface area contributed by atoms with Crippen molar-refractivity contribution in [3.8, 4) is 5.75 Å². The summed E-state index contributed by atoms with van der Waals surface area (Å²) in [6.45, 7) is 2.19. The van der Waals surface area contributed by atoms with Crippen LogP contribution in [0.1, 0.15) is 43.0 Å². The third kappa shape index (κ3) is 4.01. The molecule has 0 unspecified atom stereocenters. The van der Waals surface area contributed by atoms with E-state index in [1.807, 2.05) is 19.1 Å². The number of aromatic nitrogens is 2. The maximum absolute atomic E-state index is 13.0. The molecule has 1 heterocycles. The molecule has 8 heteroatoms. The van der Waals surface area contributed by atoms with Gasteiger partial charge in [0.25, 0.3) is 10.0 Å². The fraction of sp³-hybridized carbons (Fsp3) is 0.300. The van der Waals surface area contributed by atoms with Gasteiger partial charge in [0.1, 0.15) is 10.6 Å². The Labute approximate surface area is 163 Å². The fourth-order valence-corrected chi connectivity index (χ4v) is 4.18. The zero-order chi connectivity index (χ0) is 19.6. The summed E-state index contributed by atoms with van der Waals surface area (Å²) in [7, 11) is -3.82. The lowest BCUT2D eigenvalue weighted by Gasteiger charge is -2.14. The highest BCUT2D eigenvalue weighted by atomic mass is 32.2. The molecule has 0 radical (unpaired) electrons. The summed E-state index contributed by atoms with van der Waals surface area (Å²) in [5, 5.41) is 4.02. The Kier molecular flexibility index (Phi) is 5.04. The molecule has 1 aliphatic rings. The number of nitrogens with one attached hydrogen (secondary N) is 1. The number of benzene rings is 2. The van der Waals surface area contributed by atoms with E-state index in [1.54, 1.807) is 30.3 Å². The smallest absolute Gasteiger partial charge is 0.265 e. The minimum Gasteiger partial charge on any atom is -0.492 e. The molecular weight excluding hydrogens is 378 g/mol. The Morgan fingerprint density at radius 1 is 1.14 bits per heavy atom. The van der Waals surface area contributed by atoms with Gasteiger partial charge in [-0.25, -0.2) is 8.42 Å². The van der Waals surface area contributed by atoms with E-state index in [0.29, 0.717) is 36.3 Å². The zero-order valence-corrected chi connectivity index (χ0v) is 16.3. The second-order valence-electron chi connectivity index (χ2n) is 6.64. The molecule has 0 bridgehead atoms. The molecule has 1 N–H and O–H groups in total.